The van der Waals surface area contributed by atoms with Crippen LogP contribution in [0.5, 0.6) is 0 Å². The van der Waals surface area contributed by atoms with Gasteiger partial charge in [-0.15, -0.1) is 0 Å². The van der Waals surface area contributed by atoms with Crippen LogP contribution in [-0.4, -0.2) is 39.7 Å². The number of aromatic nitrogens is 3. The van der Waals surface area contributed by atoms with Crippen LogP contribution in [0.1, 0.15) is 51.1 Å². The van der Waals surface area contributed by atoms with E-state index in [4.69, 9.17) is 4.98 Å². The second kappa shape index (κ2) is 9.06. The lowest BCUT2D eigenvalue weighted by Gasteiger charge is -2.37. The van der Waals surface area contributed by atoms with E-state index < -0.39 is 0 Å². The Bertz CT molecular complexity index is 1210. The highest BCUT2D eigenvalue weighted by Gasteiger charge is 2.24. The first-order valence-corrected chi connectivity index (χ1v) is 12.7. The Morgan fingerprint density at radius 2 is 1.76 bits per heavy atom. The molecule has 3 aromatic rings. The molecule has 0 amide bonds. The summed E-state index contributed by atoms with van der Waals surface area (Å²) in [5.74, 6) is 0.507. The molecule has 1 aliphatic carbocycles. The zero-order chi connectivity index (χ0) is 23.1. The second-order valence-electron chi connectivity index (χ2n) is 9.53. The minimum absolute atomic E-state index is 0.000353. The lowest BCUT2D eigenvalue weighted by Crippen LogP contribution is -2.54. The second-order valence-corrected chi connectivity index (χ2v) is 10.3. The Labute approximate surface area is 202 Å². The molecule has 0 radical (unpaired) electrons. The molecular formula is C25H31BrN6O. The van der Waals surface area contributed by atoms with Crippen molar-refractivity contribution in [2.24, 2.45) is 0 Å². The van der Waals surface area contributed by atoms with Gasteiger partial charge < -0.3 is 15.5 Å². The number of halogens is 1. The number of pyridine rings is 1. The zero-order valence-corrected chi connectivity index (χ0v) is 21.0. The van der Waals surface area contributed by atoms with Gasteiger partial charge in [0.25, 0.3) is 5.56 Å². The summed E-state index contributed by atoms with van der Waals surface area (Å²) in [5, 5.41) is 7.82. The van der Waals surface area contributed by atoms with Crippen LogP contribution in [-0.2, 0) is 0 Å². The highest BCUT2D eigenvalue weighted by atomic mass is 79.9. The largest absolute Gasteiger partial charge is 0.368 e. The minimum atomic E-state index is 0.000353. The molecule has 2 aromatic heterocycles. The molecule has 1 saturated heterocycles. The standard InChI is InChI=1S/C25H31BrN6O/c1-15-13-31(14-16(2)28-15)19-10-8-18(9-11-19)29-25-27-12-21-17(3)22(26)24(33)32(23(21)30-25)20-6-4-5-7-20/h8-12,15-16,20,28H,4-7,13-14H2,1-3H3,(H,27,29,30). The van der Waals surface area contributed by atoms with Crippen LogP contribution in [0, 0.1) is 6.92 Å². The molecule has 2 unspecified atom stereocenters. The summed E-state index contributed by atoms with van der Waals surface area (Å²) >= 11 is 3.50. The lowest BCUT2D eigenvalue weighted by molar-refractivity contribution is 0.407. The number of nitrogens with zero attached hydrogens (tertiary/aromatic N) is 4. The van der Waals surface area contributed by atoms with Gasteiger partial charge in [-0.2, -0.15) is 4.98 Å². The maximum atomic E-state index is 13.1. The Balaban J connectivity index is 1.44. The Morgan fingerprint density at radius 3 is 2.42 bits per heavy atom. The van der Waals surface area contributed by atoms with E-state index in [1.165, 1.54) is 5.69 Å². The SMILES string of the molecule is Cc1c(Br)c(=O)n(C2CCCC2)c2nc(Nc3ccc(N4CC(C)NC(C)C4)cc3)ncc12. The molecule has 0 bridgehead atoms. The number of aryl methyl sites for hydroxylation is 1. The van der Waals surface area contributed by atoms with Gasteiger partial charge in [0, 0.05) is 54.2 Å². The van der Waals surface area contributed by atoms with Gasteiger partial charge in [0.05, 0.1) is 4.47 Å². The molecule has 5 rings (SSSR count). The predicted octanol–water partition coefficient (Wildman–Crippen LogP) is 4.91. The average Bonchev–Trinajstić information content (AvgIpc) is 3.32. The average molecular weight is 511 g/mol. The minimum Gasteiger partial charge on any atom is -0.368 e. The van der Waals surface area contributed by atoms with Crippen molar-refractivity contribution in [1.82, 2.24) is 19.9 Å². The first kappa shape index (κ1) is 22.3. The predicted molar refractivity (Wildman–Crippen MR) is 138 cm³/mol. The number of piperazine rings is 1. The highest BCUT2D eigenvalue weighted by Crippen LogP contribution is 2.33. The van der Waals surface area contributed by atoms with E-state index in [0.717, 1.165) is 55.4 Å². The Kier molecular flexibility index (Phi) is 6.14. The van der Waals surface area contributed by atoms with E-state index >= 15 is 0 Å². The van der Waals surface area contributed by atoms with E-state index in [0.29, 0.717) is 28.2 Å². The maximum absolute atomic E-state index is 13.1. The summed E-state index contributed by atoms with van der Waals surface area (Å²) in [6.07, 6.45) is 6.16. The van der Waals surface area contributed by atoms with Crippen molar-refractivity contribution >= 4 is 44.3 Å². The molecule has 2 atom stereocenters. The first-order valence-electron chi connectivity index (χ1n) is 11.9. The molecule has 3 heterocycles. The number of nitrogens with one attached hydrogen (secondary N) is 2. The number of rotatable bonds is 4. The van der Waals surface area contributed by atoms with Gasteiger partial charge in [0.15, 0.2) is 0 Å². The van der Waals surface area contributed by atoms with E-state index in [1.807, 2.05) is 17.7 Å². The van der Waals surface area contributed by atoms with Crippen molar-refractivity contribution < 1.29 is 0 Å². The summed E-state index contributed by atoms with van der Waals surface area (Å²) in [7, 11) is 0. The number of fused-ring (bicyclic) bond motifs is 1. The van der Waals surface area contributed by atoms with Crippen LogP contribution in [0.25, 0.3) is 11.0 Å². The van der Waals surface area contributed by atoms with Crippen LogP contribution in [0.2, 0.25) is 0 Å². The molecule has 0 spiro atoms. The normalized spacial score (nSPS) is 21.6. The van der Waals surface area contributed by atoms with Crippen molar-refractivity contribution in [2.45, 2.75) is 64.6 Å². The van der Waals surface area contributed by atoms with E-state index in [1.54, 1.807) is 0 Å². The Morgan fingerprint density at radius 1 is 1.09 bits per heavy atom. The zero-order valence-electron chi connectivity index (χ0n) is 19.4. The van der Waals surface area contributed by atoms with Crippen molar-refractivity contribution in [1.29, 1.82) is 0 Å². The summed E-state index contributed by atoms with van der Waals surface area (Å²) in [4.78, 5) is 24.9. The molecule has 2 aliphatic rings. The van der Waals surface area contributed by atoms with Gasteiger partial charge in [-0.25, -0.2) is 4.98 Å². The van der Waals surface area contributed by atoms with Crippen molar-refractivity contribution in [2.75, 3.05) is 23.3 Å². The molecule has 1 aliphatic heterocycles. The summed E-state index contributed by atoms with van der Waals surface area (Å²) in [6, 6.07) is 9.56. The third-order valence-electron chi connectivity index (χ3n) is 6.87. The topological polar surface area (TPSA) is 75.1 Å². The molecule has 2 fully saturated rings. The van der Waals surface area contributed by atoms with Gasteiger partial charge in [-0.1, -0.05) is 12.8 Å². The fraction of sp³-hybridized carbons (Fsp3) is 0.480. The summed E-state index contributed by atoms with van der Waals surface area (Å²) in [6.45, 7) is 8.39. The molecule has 1 saturated carbocycles. The molecule has 2 N–H and O–H groups in total. The van der Waals surface area contributed by atoms with Crippen molar-refractivity contribution in [3.63, 3.8) is 0 Å². The fourth-order valence-corrected chi connectivity index (χ4v) is 5.69. The van der Waals surface area contributed by atoms with Crippen molar-refractivity contribution in [3.8, 4) is 0 Å². The molecule has 33 heavy (non-hydrogen) atoms. The number of hydrogen-bond acceptors (Lipinski definition) is 6. The fourth-order valence-electron chi connectivity index (χ4n) is 5.29. The first-order chi connectivity index (χ1) is 15.9. The van der Waals surface area contributed by atoms with Crippen LogP contribution in [0.15, 0.2) is 39.7 Å². The summed E-state index contributed by atoms with van der Waals surface area (Å²) in [5.41, 5.74) is 3.75. The van der Waals surface area contributed by atoms with Gasteiger partial charge in [0.1, 0.15) is 5.65 Å². The van der Waals surface area contributed by atoms with Gasteiger partial charge in [-0.3, -0.25) is 9.36 Å². The van der Waals surface area contributed by atoms with E-state index in [2.05, 4.69) is 74.6 Å². The quantitative estimate of drug-likeness (QED) is 0.519. The van der Waals surface area contributed by atoms with Crippen LogP contribution in [0.4, 0.5) is 17.3 Å². The van der Waals surface area contributed by atoms with Crippen LogP contribution >= 0.6 is 15.9 Å². The van der Waals surface area contributed by atoms with Gasteiger partial charge in [-0.05, 0) is 79.4 Å². The number of benzene rings is 1. The number of anilines is 3. The maximum Gasteiger partial charge on any atom is 0.267 e. The van der Waals surface area contributed by atoms with Crippen molar-refractivity contribution in [3.05, 3.63) is 50.9 Å². The monoisotopic (exact) mass is 510 g/mol. The smallest absolute Gasteiger partial charge is 0.267 e. The highest BCUT2D eigenvalue weighted by molar-refractivity contribution is 9.10. The van der Waals surface area contributed by atoms with Gasteiger partial charge >= 0.3 is 0 Å². The van der Waals surface area contributed by atoms with E-state index in [-0.39, 0.29) is 11.6 Å². The van der Waals surface area contributed by atoms with Gasteiger partial charge in [0.2, 0.25) is 5.95 Å². The molecule has 1 aromatic carbocycles. The molecule has 8 heteroatoms. The molecule has 174 valence electrons. The molecular weight excluding hydrogens is 480 g/mol. The third kappa shape index (κ3) is 4.38. The van der Waals surface area contributed by atoms with Crippen LogP contribution < -0.4 is 21.1 Å². The third-order valence-corrected chi connectivity index (χ3v) is 7.81. The molecule has 7 nitrogen and oxygen atoms in total. The lowest BCUT2D eigenvalue weighted by atomic mass is 10.1. The van der Waals surface area contributed by atoms with E-state index in [9.17, 15) is 4.79 Å². The Hall–Kier alpha value is -2.45. The van der Waals surface area contributed by atoms with Crippen LogP contribution in [0.3, 0.4) is 0 Å². The summed E-state index contributed by atoms with van der Waals surface area (Å²) < 4.78 is 2.49. The number of hydrogen-bond donors (Lipinski definition) is 2.